The maximum atomic E-state index is 13.2. The third-order valence-electron chi connectivity index (χ3n) is 7.18. The van der Waals surface area contributed by atoms with Gasteiger partial charge < -0.3 is 5.32 Å². The minimum Gasteiger partial charge on any atom is -0.351 e. The number of amides is 3. The highest BCUT2D eigenvalue weighted by atomic mass is 16.2. The van der Waals surface area contributed by atoms with Gasteiger partial charge in [0, 0.05) is 51.4 Å². The van der Waals surface area contributed by atoms with E-state index in [1.807, 2.05) is 38.1 Å². The minimum atomic E-state index is -0.392. The molecule has 1 fully saturated rings. The first-order valence-electron chi connectivity index (χ1n) is 12.8. The summed E-state index contributed by atoms with van der Waals surface area (Å²) in [4.78, 5) is 45.0. The molecule has 0 radical (unpaired) electrons. The van der Waals surface area contributed by atoms with Gasteiger partial charge in [-0.3, -0.25) is 24.2 Å². The molecule has 37 heavy (non-hydrogen) atoms. The molecule has 0 saturated carbocycles. The van der Waals surface area contributed by atoms with Crippen LogP contribution in [0.4, 0.5) is 5.69 Å². The standard InChI is InChI=1S/C30H32N4O3/c1-21-8-9-22(2)27(18-21)34-29(36)25-11-10-24(19-26(25)30(34)37)28(35)31-12-13-32-14-16-33(17-15-32)20-23-6-4-3-5-7-23/h3-11,18-19H,12-17,20H2,1-2H3,(H,31,35). The summed E-state index contributed by atoms with van der Waals surface area (Å²) in [6, 6.07) is 20.9. The van der Waals surface area contributed by atoms with Gasteiger partial charge in [0.05, 0.1) is 16.8 Å². The average Bonchev–Trinajstić information content (AvgIpc) is 3.16. The van der Waals surface area contributed by atoms with Crippen LogP contribution < -0.4 is 10.2 Å². The lowest BCUT2D eigenvalue weighted by atomic mass is 10.1. The second-order valence-corrected chi connectivity index (χ2v) is 9.86. The number of carbonyl (C=O) groups is 3. The fraction of sp³-hybridized carbons (Fsp3) is 0.300. The zero-order valence-electron chi connectivity index (χ0n) is 21.4. The van der Waals surface area contributed by atoms with Gasteiger partial charge in [0.25, 0.3) is 17.7 Å². The maximum absolute atomic E-state index is 13.2. The van der Waals surface area contributed by atoms with Crippen LogP contribution in [-0.4, -0.2) is 66.8 Å². The van der Waals surface area contributed by atoms with Crippen molar-refractivity contribution in [3.63, 3.8) is 0 Å². The molecular weight excluding hydrogens is 464 g/mol. The van der Waals surface area contributed by atoms with Gasteiger partial charge in [-0.1, -0.05) is 42.5 Å². The van der Waals surface area contributed by atoms with Gasteiger partial charge in [-0.25, -0.2) is 4.90 Å². The van der Waals surface area contributed by atoms with Crippen molar-refractivity contribution in [3.05, 3.63) is 100 Å². The monoisotopic (exact) mass is 496 g/mol. The van der Waals surface area contributed by atoms with Gasteiger partial charge in [-0.2, -0.15) is 0 Å². The second-order valence-electron chi connectivity index (χ2n) is 9.86. The van der Waals surface area contributed by atoms with E-state index in [1.165, 1.54) is 10.5 Å². The first kappa shape index (κ1) is 24.9. The highest BCUT2D eigenvalue weighted by Crippen LogP contribution is 2.31. The highest BCUT2D eigenvalue weighted by molar-refractivity contribution is 6.35. The molecule has 7 heteroatoms. The molecule has 190 valence electrons. The number of hydrogen-bond donors (Lipinski definition) is 1. The van der Waals surface area contributed by atoms with Crippen LogP contribution in [0, 0.1) is 13.8 Å². The van der Waals surface area contributed by atoms with E-state index in [0.29, 0.717) is 23.4 Å². The van der Waals surface area contributed by atoms with Crippen molar-refractivity contribution in [2.24, 2.45) is 0 Å². The Balaban J connectivity index is 1.15. The summed E-state index contributed by atoms with van der Waals surface area (Å²) in [5.74, 6) is -0.986. The Morgan fingerprint density at radius 1 is 0.811 bits per heavy atom. The SMILES string of the molecule is Cc1ccc(C)c(N2C(=O)c3ccc(C(=O)NCCN4CCN(Cc5ccccc5)CC4)cc3C2=O)c1. The molecule has 1 N–H and O–H groups in total. The van der Waals surface area contributed by atoms with Crippen molar-refractivity contribution >= 4 is 23.4 Å². The molecule has 0 aromatic heterocycles. The number of piperazine rings is 1. The molecular formula is C30H32N4O3. The van der Waals surface area contributed by atoms with E-state index in [4.69, 9.17) is 0 Å². The maximum Gasteiger partial charge on any atom is 0.266 e. The van der Waals surface area contributed by atoms with Crippen molar-refractivity contribution in [3.8, 4) is 0 Å². The molecule has 5 rings (SSSR count). The Morgan fingerprint density at radius 3 is 2.27 bits per heavy atom. The second kappa shape index (κ2) is 10.7. The summed E-state index contributed by atoms with van der Waals surface area (Å²) in [5.41, 5.74) is 4.71. The van der Waals surface area contributed by atoms with E-state index < -0.39 is 5.91 Å². The fourth-order valence-electron chi connectivity index (χ4n) is 5.00. The Bertz CT molecular complexity index is 1330. The molecule has 0 bridgehead atoms. The fourth-order valence-corrected chi connectivity index (χ4v) is 5.00. The van der Waals surface area contributed by atoms with Crippen LogP contribution in [-0.2, 0) is 6.54 Å². The predicted molar refractivity (Wildman–Crippen MR) is 144 cm³/mol. The van der Waals surface area contributed by atoms with Gasteiger partial charge in [-0.15, -0.1) is 0 Å². The minimum absolute atomic E-state index is 0.240. The van der Waals surface area contributed by atoms with Crippen molar-refractivity contribution in [2.75, 3.05) is 44.2 Å². The van der Waals surface area contributed by atoms with Crippen molar-refractivity contribution < 1.29 is 14.4 Å². The lowest BCUT2D eigenvalue weighted by molar-refractivity contribution is 0.0920. The van der Waals surface area contributed by atoms with E-state index >= 15 is 0 Å². The highest BCUT2D eigenvalue weighted by Gasteiger charge is 2.37. The third kappa shape index (κ3) is 5.33. The van der Waals surface area contributed by atoms with E-state index in [9.17, 15) is 14.4 Å². The van der Waals surface area contributed by atoms with E-state index in [1.54, 1.807) is 18.2 Å². The molecule has 0 spiro atoms. The van der Waals surface area contributed by atoms with Crippen LogP contribution >= 0.6 is 0 Å². The predicted octanol–water partition coefficient (Wildman–Crippen LogP) is 3.65. The summed E-state index contributed by atoms with van der Waals surface area (Å²) in [7, 11) is 0. The number of hydrogen-bond acceptors (Lipinski definition) is 5. The van der Waals surface area contributed by atoms with Gasteiger partial charge in [0.1, 0.15) is 0 Å². The molecule has 2 aliphatic heterocycles. The van der Waals surface area contributed by atoms with Crippen LogP contribution in [0.5, 0.6) is 0 Å². The van der Waals surface area contributed by atoms with Crippen LogP contribution in [0.2, 0.25) is 0 Å². The first-order valence-corrected chi connectivity index (χ1v) is 12.8. The normalized spacial score (nSPS) is 16.2. The number of anilines is 1. The van der Waals surface area contributed by atoms with Gasteiger partial charge in [0.2, 0.25) is 0 Å². The Hall–Kier alpha value is -3.81. The number of nitrogens with zero attached hydrogens (tertiary/aromatic N) is 3. The van der Waals surface area contributed by atoms with E-state index in [-0.39, 0.29) is 17.4 Å². The number of carbonyl (C=O) groups excluding carboxylic acids is 3. The van der Waals surface area contributed by atoms with Gasteiger partial charge in [-0.05, 0) is 54.8 Å². The molecule has 1 saturated heterocycles. The van der Waals surface area contributed by atoms with Gasteiger partial charge >= 0.3 is 0 Å². The van der Waals surface area contributed by atoms with Crippen molar-refractivity contribution in [2.45, 2.75) is 20.4 Å². The largest absolute Gasteiger partial charge is 0.351 e. The van der Waals surface area contributed by atoms with Crippen LogP contribution in [0.1, 0.15) is 47.8 Å². The molecule has 0 atom stereocenters. The summed E-state index contributed by atoms with van der Waals surface area (Å²) >= 11 is 0. The lowest BCUT2D eigenvalue weighted by Gasteiger charge is -2.34. The molecule has 2 heterocycles. The third-order valence-corrected chi connectivity index (χ3v) is 7.18. The number of benzene rings is 3. The summed E-state index contributed by atoms with van der Waals surface area (Å²) in [6.07, 6.45) is 0. The quantitative estimate of drug-likeness (QED) is 0.506. The number of aryl methyl sites for hydroxylation is 2. The van der Waals surface area contributed by atoms with Crippen LogP contribution in [0.3, 0.4) is 0 Å². The zero-order valence-corrected chi connectivity index (χ0v) is 21.4. The van der Waals surface area contributed by atoms with E-state index in [0.717, 1.165) is 50.4 Å². The molecule has 3 aromatic carbocycles. The lowest BCUT2D eigenvalue weighted by Crippen LogP contribution is -2.48. The first-order chi connectivity index (χ1) is 17.9. The van der Waals surface area contributed by atoms with Gasteiger partial charge in [0.15, 0.2) is 0 Å². The smallest absolute Gasteiger partial charge is 0.266 e. The topological polar surface area (TPSA) is 73.0 Å². The molecule has 0 aliphatic carbocycles. The van der Waals surface area contributed by atoms with Crippen molar-refractivity contribution in [1.82, 2.24) is 15.1 Å². The average molecular weight is 497 g/mol. The number of fused-ring (bicyclic) bond motifs is 1. The Kier molecular flexibility index (Phi) is 7.17. The van der Waals surface area contributed by atoms with Crippen LogP contribution in [0.25, 0.3) is 0 Å². The molecule has 2 aliphatic rings. The van der Waals surface area contributed by atoms with E-state index in [2.05, 4.69) is 39.4 Å². The van der Waals surface area contributed by atoms with Crippen molar-refractivity contribution in [1.29, 1.82) is 0 Å². The zero-order chi connectivity index (χ0) is 25.9. The molecule has 3 aromatic rings. The number of nitrogens with one attached hydrogen (secondary N) is 1. The summed E-state index contributed by atoms with van der Waals surface area (Å²) in [6.45, 7) is 9.99. The molecule has 0 unspecified atom stereocenters. The summed E-state index contributed by atoms with van der Waals surface area (Å²) in [5, 5.41) is 2.97. The Labute approximate surface area is 217 Å². The number of imide groups is 1. The Morgan fingerprint density at radius 2 is 1.51 bits per heavy atom. The van der Waals surface area contributed by atoms with Crippen LogP contribution in [0.15, 0.2) is 66.7 Å². The molecule has 3 amide bonds. The number of rotatable bonds is 7. The summed E-state index contributed by atoms with van der Waals surface area (Å²) < 4.78 is 0. The molecule has 7 nitrogen and oxygen atoms in total.